The Morgan fingerprint density at radius 2 is 1.21 bits per heavy atom. The SMILES string of the molecule is NC1C(=O)C(c2ccccc2)C(=O)c2ccccc21.O=C1Cc2ccccc2C(=O)C1Nc1ccccc1. The lowest BCUT2D eigenvalue weighted by Gasteiger charge is -2.27. The molecule has 3 atom stereocenters. The minimum Gasteiger partial charge on any atom is -0.369 e. The van der Waals surface area contributed by atoms with Gasteiger partial charge in [0.2, 0.25) is 0 Å². The van der Waals surface area contributed by atoms with Gasteiger partial charge in [0.1, 0.15) is 12.0 Å². The van der Waals surface area contributed by atoms with Crippen molar-refractivity contribution in [3.63, 3.8) is 0 Å². The minimum absolute atomic E-state index is 0.0763. The first-order valence-electron chi connectivity index (χ1n) is 12.4. The largest absolute Gasteiger partial charge is 0.369 e. The summed E-state index contributed by atoms with van der Waals surface area (Å²) in [5, 5.41) is 3.02. The normalized spacial score (nSPS) is 20.1. The van der Waals surface area contributed by atoms with Crippen LogP contribution in [0.5, 0.6) is 0 Å². The van der Waals surface area contributed by atoms with Crippen molar-refractivity contribution in [1.82, 2.24) is 0 Å². The Hall–Kier alpha value is -4.68. The Bertz CT molecular complexity index is 1520. The van der Waals surface area contributed by atoms with Crippen molar-refractivity contribution in [3.8, 4) is 0 Å². The average molecular weight is 503 g/mol. The van der Waals surface area contributed by atoms with Gasteiger partial charge in [0, 0.05) is 23.2 Å². The first-order chi connectivity index (χ1) is 18.5. The molecule has 0 bridgehead atoms. The molecule has 188 valence electrons. The number of carbonyl (C=O) groups is 4. The summed E-state index contributed by atoms with van der Waals surface area (Å²) in [5.74, 6) is -1.38. The monoisotopic (exact) mass is 502 g/mol. The number of hydrogen-bond donors (Lipinski definition) is 2. The lowest BCUT2D eigenvalue weighted by atomic mass is 9.76. The molecule has 2 aliphatic carbocycles. The van der Waals surface area contributed by atoms with Crippen LogP contribution in [0.4, 0.5) is 5.69 Å². The number of ketones is 4. The highest BCUT2D eigenvalue weighted by Crippen LogP contribution is 2.34. The fourth-order valence-corrected chi connectivity index (χ4v) is 4.92. The van der Waals surface area contributed by atoms with E-state index in [1.165, 1.54) is 0 Å². The fourth-order valence-electron chi connectivity index (χ4n) is 4.92. The molecule has 0 saturated heterocycles. The van der Waals surface area contributed by atoms with E-state index in [9.17, 15) is 19.2 Å². The zero-order chi connectivity index (χ0) is 26.6. The van der Waals surface area contributed by atoms with E-state index in [-0.39, 0.29) is 23.1 Å². The second kappa shape index (κ2) is 10.7. The third-order valence-corrected chi connectivity index (χ3v) is 6.86. The molecule has 6 rings (SSSR count). The molecule has 4 aromatic rings. The van der Waals surface area contributed by atoms with Crippen LogP contribution in [-0.2, 0) is 16.0 Å². The zero-order valence-electron chi connectivity index (χ0n) is 20.5. The Labute approximate surface area is 220 Å². The molecule has 6 heteroatoms. The van der Waals surface area contributed by atoms with Gasteiger partial charge in [-0.05, 0) is 28.8 Å². The Balaban J connectivity index is 0.000000155. The smallest absolute Gasteiger partial charge is 0.192 e. The highest BCUT2D eigenvalue weighted by molar-refractivity contribution is 6.21. The third-order valence-electron chi connectivity index (χ3n) is 6.86. The van der Waals surface area contributed by atoms with Gasteiger partial charge in [0.05, 0.1) is 6.04 Å². The summed E-state index contributed by atoms with van der Waals surface area (Å²) in [4.78, 5) is 49.3. The topological polar surface area (TPSA) is 106 Å². The highest BCUT2D eigenvalue weighted by atomic mass is 16.2. The van der Waals surface area contributed by atoms with Crippen LogP contribution in [0.1, 0.15) is 49.4 Å². The molecular weight excluding hydrogens is 476 g/mol. The molecule has 0 aromatic heterocycles. The van der Waals surface area contributed by atoms with Gasteiger partial charge in [0.25, 0.3) is 0 Å². The number of fused-ring (bicyclic) bond motifs is 2. The predicted octanol–water partition coefficient (Wildman–Crippen LogP) is 4.71. The molecule has 4 aromatic carbocycles. The molecule has 0 radical (unpaired) electrons. The Kier molecular flexibility index (Phi) is 7.07. The van der Waals surface area contributed by atoms with Gasteiger partial charge >= 0.3 is 0 Å². The maximum Gasteiger partial charge on any atom is 0.192 e. The van der Waals surface area contributed by atoms with E-state index in [0.29, 0.717) is 28.7 Å². The fraction of sp³-hybridized carbons (Fsp3) is 0.125. The van der Waals surface area contributed by atoms with E-state index in [4.69, 9.17) is 5.73 Å². The maximum absolute atomic E-state index is 12.5. The molecule has 0 saturated carbocycles. The standard InChI is InChI=1S/2C16H13NO2/c18-14-10-11-6-4-5-9-13(11)16(19)15(14)17-12-7-2-1-3-8-12;17-14-11-8-4-5-9-12(11)15(18)13(16(14)19)10-6-2-1-3-7-10/h1-9,15,17H,10H2;1-9,13-14H,17H2. The van der Waals surface area contributed by atoms with Crippen LogP contribution in [0, 0.1) is 0 Å². The van der Waals surface area contributed by atoms with E-state index in [1.807, 2.05) is 66.7 Å². The van der Waals surface area contributed by atoms with Crippen molar-refractivity contribution < 1.29 is 19.2 Å². The number of para-hydroxylation sites is 1. The van der Waals surface area contributed by atoms with E-state index >= 15 is 0 Å². The van der Waals surface area contributed by atoms with Crippen molar-refractivity contribution in [2.45, 2.75) is 24.4 Å². The van der Waals surface area contributed by atoms with Gasteiger partial charge in [-0.15, -0.1) is 0 Å². The van der Waals surface area contributed by atoms with Gasteiger partial charge in [-0.25, -0.2) is 0 Å². The summed E-state index contributed by atoms with van der Waals surface area (Å²) in [5.41, 5.74) is 10.1. The molecule has 0 fully saturated rings. The Morgan fingerprint density at radius 3 is 1.92 bits per heavy atom. The van der Waals surface area contributed by atoms with Crippen LogP contribution in [-0.4, -0.2) is 29.2 Å². The third kappa shape index (κ3) is 4.82. The van der Waals surface area contributed by atoms with E-state index < -0.39 is 18.0 Å². The summed E-state index contributed by atoms with van der Waals surface area (Å²) in [7, 11) is 0. The molecule has 38 heavy (non-hydrogen) atoms. The predicted molar refractivity (Wildman–Crippen MR) is 145 cm³/mol. The quantitative estimate of drug-likeness (QED) is 0.393. The summed E-state index contributed by atoms with van der Waals surface area (Å²) in [6, 6.07) is 31.3. The first kappa shape index (κ1) is 25.0. The number of nitrogens with one attached hydrogen (secondary N) is 1. The highest BCUT2D eigenvalue weighted by Gasteiger charge is 2.40. The van der Waals surface area contributed by atoms with Crippen molar-refractivity contribution in [1.29, 1.82) is 0 Å². The summed E-state index contributed by atoms with van der Waals surface area (Å²) < 4.78 is 0. The van der Waals surface area contributed by atoms with Crippen molar-refractivity contribution in [3.05, 3.63) is 137 Å². The van der Waals surface area contributed by atoms with Crippen LogP contribution >= 0.6 is 0 Å². The Morgan fingerprint density at radius 1 is 0.632 bits per heavy atom. The van der Waals surface area contributed by atoms with E-state index in [1.54, 1.807) is 42.5 Å². The molecular formula is C32H26N2O4. The van der Waals surface area contributed by atoms with Crippen LogP contribution in [0.3, 0.4) is 0 Å². The van der Waals surface area contributed by atoms with Crippen molar-refractivity contribution in [2.75, 3.05) is 5.32 Å². The van der Waals surface area contributed by atoms with Gasteiger partial charge in [-0.1, -0.05) is 97.1 Å². The van der Waals surface area contributed by atoms with Crippen LogP contribution < -0.4 is 11.1 Å². The molecule has 0 spiro atoms. The second-order valence-corrected chi connectivity index (χ2v) is 9.28. The lowest BCUT2D eigenvalue weighted by molar-refractivity contribution is -0.121. The zero-order valence-corrected chi connectivity index (χ0v) is 20.5. The lowest BCUT2D eigenvalue weighted by Crippen LogP contribution is -2.42. The summed E-state index contributed by atoms with van der Waals surface area (Å²) >= 11 is 0. The van der Waals surface area contributed by atoms with Crippen LogP contribution in [0.2, 0.25) is 0 Å². The van der Waals surface area contributed by atoms with Crippen molar-refractivity contribution in [2.24, 2.45) is 5.73 Å². The number of nitrogens with two attached hydrogens (primary N) is 1. The van der Waals surface area contributed by atoms with E-state index in [2.05, 4.69) is 5.32 Å². The first-order valence-corrected chi connectivity index (χ1v) is 12.4. The van der Waals surface area contributed by atoms with Crippen LogP contribution in [0.25, 0.3) is 0 Å². The molecule has 2 aliphatic rings. The number of carbonyl (C=O) groups excluding carboxylic acids is 4. The van der Waals surface area contributed by atoms with Gasteiger partial charge in [0.15, 0.2) is 23.1 Å². The van der Waals surface area contributed by atoms with Gasteiger partial charge in [-0.3, -0.25) is 19.2 Å². The summed E-state index contributed by atoms with van der Waals surface area (Å²) in [6.45, 7) is 0. The number of anilines is 1. The molecule has 3 unspecified atom stereocenters. The molecule has 0 amide bonds. The van der Waals surface area contributed by atoms with Gasteiger partial charge in [-0.2, -0.15) is 0 Å². The molecule has 0 heterocycles. The molecule has 6 nitrogen and oxygen atoms in total. The number of hydrogen-bond acceptors (Lipinski definition) is 6. The second-order valence-electron chi connectivity index (χ2n) is 9.28. The van der Waals surface area contributed by atoms with E-state index in [0.717, 1.165) is 11.3 Å². The summed E-state index contributed by atoms with van der Waals surface area (Å²) in [6.07, 6.45) is 0.312. The van der Waals surface area contributed by atoms with Gasteiger partial charge < -0.3 is 11.1 Å². The minimum atomic E-state index is -0.772. The number of Topliss-reactive ketones (excluding diaryl/α,β-unsaturated/α-hetero) is 4. The number of benzene rings is 4. The molecule has 0 aliphatic heterocycles. The maximum atomic E-state index is 12.5. The van der Waals surface area contributed by atoms with Crippen molar-refractivity contribution >= 4 is 28.8 Å². The number of rotatable bonds is 3. The average Bonchev–Trinajstić information content (AvgIpc) is 2.96. The van der Waals surface area contributed by atoms with Crippen LogP contribution in [0.15, 0.2) is 109 Å². The molecule has 3 N–H and O–H groups in total.